The summed E-state index contributed by atoms with van der Waals surface area (Å²) in [5.41, 5.74) is -0.288. The summed E-state index contributed by atoms with van der Waals surface area (Å²) in [6, 6.07) is 2.76. The summed E-state index contributed by atoms with van der Waals surface area (Å²) >= 11 is 0. The lowest BCUT2D eigenvalue weighted by Gasteiger charge is -2.04. The Balaban J connectivity index is 2.64. The standard InChI is InChI=1S/C12H11F2NO/c1-2-3-4-7-15-12(16)10-8-9(13)5-6-11(10)14/h5-6,8H,4,7H2,1H3,(H,15,16). The second-order valence-electron chi connectivity index (χ2n) is 3.06. The molecule has 0 saturated carbocycles. The lowest BCUT2D eigenvalue weighted by molar-refractivity contribution is 0.0950. The zero-order chi connectivity index (χ0) is 12.0. The average Bonchev–Trinajstić information content (AvgIpc) is 2.27. The van der Waals surface area contributed by atoms with Crippen molar-refractivity contribution < 1.29 is 13.6 Å². The number of carbonyl (C=O) groups is 1. The highest BCUT2D eigenvalue weighted by atomic mass is 19.1. The molecule has 1 N–H and O–H groups in total. The van der Waals surface area contributed by atoms with Crippen LogP contribution in [0.25, 0.3) is 0 Å². The summed E-state index contributed by atoms with van der Waals surface area (Å²) in [6.45, 7) is 2.00. The Kier molecular flexibility index (Phi) is 4.46. The van der Waals surface area contributed by atoms with Gasteiger partial charge in [0.1, 0.15) is 11.6 Å². The normalized spacial score (nSPS) is 9.19. The van der Waals surface area contributed by atoms with E-state index in [2.05, 4.69) is 17.2 Å². The lowest BCUT2D eigenvalue weighted by Crippen LogP contribution is -2.25. The minimum atomic E-state index is -0.736. The Morgan fingerprint density at radius 2 is 2.19 bits per heavy atom. The van der Waals surface area contributed by atoms with Crippen LogP contribution in [0.5, 0.6) is 0 Å². The summed E-state index contributed by atoms with van der Waals surface area (Å²) in [6.07, 6.45) is 0.485. The van der Waals surface area contributed by atoms with E-state index >= 15 is 0 Å². The quantitative estimate of drug-likeness (QED) is 0.617. The Morgan fingerprint density at radius 3 is 2.88 bits per heavy atom. The molecule has 0 heterocycles. The molecule has 0 aliphatic heterocycles. The van der Waals surface area contributed by atoms with Gasteiger partial charge in [-0.1, -0.05) is 0 Å². The number of nitrogens with one attached hydrogen (secondary N) is 1. The van der Waals surface area contributed by atoms with E-state index in [0.29, 0.717) is 13.0 Å². The van der Waals surface area contributed by atoms with Crippen LogP contribution in [-0.2, 0) is 0 Å². The summed E-state index contributed by atoms with van der Waals surface area (Å²) in [5, 5.41) is 2.45. The molecule has 0 bridgehead atoms. The summed E-state index contributed by atoms with van der Waals surface area (Å²) in [5.74, 6) is 3.41. The molecule has 1 aromatic rings. The molecule has 0 saturated heterocycles. The number of hydrogen-bond donors (Lipinski definition) is 1. The van der Waals surface area contributed by atoms with E-state index in [0.717, 1.165) is 18.2 Å². The molecule has 16 heavy (non-hydrogen) atoms. The SMILES string of the molecule is CC#CCCNC(=O)c1cc(F)ccc1F. The molecule has 0 aromatic heterocycles. The first kappa shape index (κ1) is 12.2. The van der Waals surface area contributed by atoms with E-state index in [1.54, 1.807) is 6.92 Å². The highest BCUT2D eigenvalue weighted by Gasteiger charge is 2.11. The van der Waals surface area contributed by atoms with E-state index in [1.807, 2.05) is 0 Å². The number of halogens is 2. The molecular weight excluding hydrogens is 212 g/mol. The average molecular weight is 223 g/mol. The Labute approximate surface area is 92.7 Å². The fourth-order valence-corrected chi connectivity index (χ4v) is 1.13. The van der Waals surface area contributed by atoms with Crippen molar-refractivity contribution in [3.63, 3.8) is 0 Å². The van der Waals surface area contributed by atoms with Gasteiger partial charge >= 0.3 is 0 Å². The van der Waals surface area contributed by atoms with Crippen LogP contribution in [0.1, 0.15) is 23.7 Å². The van der Waals surface area contributed by atoms with Crippen molar-refractivity contribution in [3.8, 4) is 11.8 Å². The van der Waals surface area contributed by atoms with Gasteiger partial charge in [-0.3, -0.25) is 4.79 Å². The molecule has 0 spiro atoms. The predicted molar refractivity (Wildman–Crippen MR) is 56.8 cm³/mol. The molecule has 1 aromatic carbocycles. The third-order valence-corrected chi connectivity index (χ3v) is 1.89. The van der Waals surface area contributed by atoms with Crippen LogP contribution in [0.2, 0.25) is 0 Å². The van der Waals surface area contributed by atoms with Gasteiger partial charge in [-0.15, -0.1) is 11.8 Å². The number of benzene rings is 1. The fourth-order valence-electron chi connectivity index (χ4n) is 1.13. The maximum Gasteiger partial charge on any atom is 0.254 e. The van der Waals surface area contributed by atoms with Crippen molar-refractivity contribution in [1.82, 2.24) is 5.32 Å². The van der Waals surface area contributed by atoms with Gasteiger partial charge in [-0.25, -0.2) is 8.78 Å². The van der Waals surface area contributed by atoms with Crippen LogP contribution in [0, 0.1) is 23.5 Å². The number of amides is 1. The smallest absolute Gasteiger partial charge is 0.254 e. The first-order valence-corrected chi connectivity index (χ1v) is 4.78. The zero-order valence-corrected chi connectivity index (χ0v) is 8.81. The number of hydrogen-bond acceptors (Lipinski definition) is 1. The molecule has 0 radical (unpaired) electrons. The third kappa shape index (κ3) is 3.35. The summed E-state index contributed by atoms with van der Waals surface area (Å²) in [7, 11) is 0. The molecule has 0 aliphatic rings. The molecule has 84 valence electrons. The Bertz CT molecular complexity index is 446. The van der Waals surface area contributed by atoms with Crippen molar-refractivity contribution in [1.29, 1.82) is 0 Å². The highest BCUT2D eigenvalue weighted by Crippen LogP contribution is 2.09. The maximum atomic E-state index is 13.1. The van der Waals surface area contributed by atoms with Crippen LogP contribution in [0.3, 0.4) is 0 Å². The van der Waals surface area contributed by atoms with Gasteiger partial charge in [-0.05, 0) is 25.1 Å². The summed E-state index contributed by atoms with van der Waals surface area (Å²) < 4.78 is 25.9. The van der Waals surface area contributed by atoms with Crippen LogP contribution < -0.4 is 5.32 Å². The largest absolute Gasteiger partial charge is 0.351 e. The van der Waals surface area contributed by atoms with Crippen LogP contribution in [0.4, 0.5) is 8.78 Å². The predicted octanol–water partition coefficient (Wildman–Crippen LogP) is 2.11. The topological polar surface area (TPSA) is 29.1 Å². The zero-order valence-electron chi connectivity index (χ0n) is 8.81. The molecule has 0 fully saturated rings. The van der Waals surface area contributed by atoms with Gasteiger partial charge in [0.05, 0.1) is 5.56 Å². The number of carbonyl (C=O) groups excluding carboxylic acids is 1. The molecule has 1 rings (SSSR count). The third-order valence-electron chi connectivity index (χ3n) is 1.89. The minimum Gasteiger partial charge on any atom is -0.351 e. The first-order valence-electron chi connectivity index (χ1n) is 4.78. The fraction of sp³-hybridized carbons (Fsp3) is 0.250. The molecule has 0 aliphatic carbocycles. The van der Waals surface area contributed by atoms with Gasteiger partial charge < -0.3 is 5.32 Å². The van der Waals surface area contributed by atoms with Gasteiger partial charge in [0, 0.05) is 13.0 Å². The molecular formula is C12H11F2NO. The van der Waals surface area contributed by atoms with Crippen molar-refractivity contribution in [3.05, 3.63) is 35.4 Å². The molecule has 0 atom stereocenters. The lowest BCUT2D eigenvalue weighted by atomic mass is 10.2. The Morgan fingerprint density at radius 1 is 1.44 bits per heavy atom. The first-order chi connectivity index (χ1) is 7.65. The second kappa shape index (κ2) is 5.86. The van der Waals surface area contributed by atoms with Crippen molar-refractivity contribution in [2.75, 3.05) is 6.54 Å². The maximum absolute atomic E-state index is 13.1. The van der Waals surface area contributed by atoms with Crippen LogP contribution >= 0.6 is 0 Å². The van der Waals surface area contributed by atoms with E-state index in [9.17, 15) is 13.6 Å². The van der Waals surface area contributed by atoms with Crippen LogP contribution in [0.15, 0.2) is 18.2 Å². The molecule has 2 nitrogen and oxygen atoms in total. The molecule has 1 amide bonds. The summed E-state index contributed by atoms with van der Waals surface area (Å²) in [4.78, 5) is 11.4. The van der Waals surface area contributed by atoms with Crippen molar-refractivity contribution in [2.45, 2.75) is 13.3 Å². The second-order valence-corrected chi connectivity index (χ2v) is 3.06. The van der Waals surface area contributed by atoms with Crippen molar-refractivity contribution in [2.24, 2.45) is 0 Å². The van der Waals surface area contributed by atoms with Gasteiger partial charge in [-0.2, -0.15) is 0 Å². The van der Waals surface area contributed by atoms with E-state index in [4.69, 9.17) is 0 Å². The van der Waals surface area contributed by atoms with Gasteiger partial charge in [0.25, 0.3) is 5.91 Å². The molecule has 0 unspecified atom stereocenters. The highest BCUT2D eigenvalue weighted by molar-refractivity contribution is 5.94. The van der Waals surface area contributed by atoms with Crippen LogP contribution in [-0.4, -0.2) is 12.5 Å². The molecule has 4 heteroatoms. The van der Waals surface area contributed by atoms with E-state index < -0.39 is 17.5 Å². The van der Waals surface area contributed by atoms with Gasteiger partial charge in [0.2, 0.25) is 0 Å². The van der Waals surface area contributed by atoms with E-state index in [-0.39, 0.29) is 5.56 Å². The monoisotopic (exact) mass is 223 g/mol. The minimum absolute atomic E-state index is 0.288. The van der Waals surface area contributed by atoms with Crippen molar-refractivity contribution >= 4 is 5.91 Å². The van der Waals surface area contributed by atoms with Gasteiger partial charge in [0.15, 0.2) is 0 Å². The Hall–Kier alpha value is -1.89. The number of rotatable bonds is 3. The van der Waals surface area contributed by atoms with E-state index in [1.165, 1.54) is 0 Å².